The van der Waals surface area contributed by atoms with Crippen LogP contribution in [-0.2, 0) is 18.9 Å². The Balaban J connectivity index is 1.45. The number of hydrogen-bond acceptors (Lipinski definition) is 8. The Kier molecular flexibility index (Phi) is 12.2. The average Bonchev–Trinajstić information content (AvgIpc) is 2.82. The summed E-state index contributed by atoms with van der Waals surface area (Å²) in [7, 11) is 1.49. The maximum atomic E-state index is 12.2. The van der Waals surface area contributed by atoms with Crippen LogP contribution in [0.3, 0.4) is 0 Å². The number of hydrogen-bond donors (Lipinski definition) is 3. The smallest absolute Gasteiger partial charge is 0.406 e. The molecule has 1 heterocycles. The predicted octanol–water partition coefficient (Wildman–Crippen LogP) is 1.96. The lowest BCUT2D eigenvalue weighted by Crippen LogP contribution is -2.27. The first-order chi connectivity index (χ1) is 15.7. The number of amides is 2. The SMILES string of the molecule is CNC(=O)OCCOCCOCCOCCNC(=O)c1ccc(Nc2ccccn2)cc1. The minimum atomic E-state index is -0.481. The van der Waals surface area contributed by atoms with Crippen molar-refractivity contribution in [3.05, 3.63) is 54.2 Å². The van der Waals surface area contributed by atoms with Crippen LogP contribution in [0.15, 0.2) is 48.7 Å². The molecule has 1 aromatic carbocycles. The summed E-state index contributed by atoms with van der Waals surface area (Å²) in [6.45, 7) is 2.98. The van der Waals surface area contributed by atoms with Crippen molar-refractivity contribution in [3.63, 3.8) is 0 Å². The molecule has 3 N–H and O–H groups in total. The lowest BCUT2D eigenvalue weighted by Gasteiger charge is -2.09. The number of aromatic nitrogens is 1. The van der Waals surface area contributed by atoms with Gasteiger partial charge in [-0.2, -0.15) is 0 Å². The number of rotatable bonds is 15. The van der Waals surface area contributed by atoms with Gasteiger partial charge in [0.15, 0.2) is 0 Å². The second-order valence-electron chi connectivity index (χ2n) is 6.40. The number of nitrogens with one attached hydrogen (secondary N) is 3. The molecule has 32 heavy (non-hydrogen) atoms. The predicted molar refractivity (Wildman–Crippen MR) is 119 cm³/mol. The number of alkyl carbamates (subject to hydrolysis) is 1. The van der Waals surface area contributed by atoms with Crippen LogP contribution in [0.5, 0.6) is 0 Å². The van der Waals surface area contributed by atoms with Crippen molar-refractivity contribution in [1.82, 2.24) is 15.6 Å². The van der Waals surface area contributed by atoms with E-state index in [0.29, 0.717) is 51.7 Å². The molecule has 0 atom stereocenters. The second kappa shape index (κ2) is 15.6. The molecule has 0 saturated carbocycles. The molecule has 2 aromatic rings. The highest BCUT2D eigenvalue weighted by atomic mass is 16.6. The molecular formula is C22H30N4O6. The van der Waals surface area contributed by atoms with E-state index < -0.39 is 6.09 Å². The molecule has 0 spiro atoms. The van der Waals surface area contributed by atoms with Crippen molar-refractivity contribution < 1.29 is 28.5 Å². The Bertz CT molecular complexity index is 789. The first kappa shape index (κ1) is 25.1. The summed E-state index contributed by atoms with van der Waals surface area (Å²) in [5.74, 6) is 0.581. The zero-order valence-corrected chi connectivity index (χ0v) is 18.2. The Hall–Kier alpha value is -3.21. The van der Waals surface area contributed by atoms with Crippen molar-refractivity contribution in [3.8, 4) is 0 Å². The van der Waals surface area contributed by atoms with Crippen LogP contribution in [0.4, 0.5) is 16.3 Å². The largest absolute Gasteiger partial charge is 0.447 e. The molecule has 0 saturated heterocycles. The zero-order chi connectivity index (χ0) is 22.9. The monoisotopic (exact) mass is 446 g/mol. The van der Waals surface area contributed by atoms with Gasteiger partial charge in [0.1, 0.15) is 12.4 Å². The summed E-state index contributed by atoms with van der Waals surface area (Å²) < 4.78 is 20.8. The minimum absolute atomic E-state index is 0.160. The van der Waals surface area contributed by atoms with Crippen LogP contribution in [0.1, 0.15) is 10.4 Å². The maximum absolute atomic E-state index is 12.2. The number of carbonyl (C=O) groups excluding carboxylic acids is 2. The fraction of sp³-hybridized carbons (Fsp3) is 0.409. The number of carbonyl (C=O) groups is 2. The first-order valence-corrected chi connectivity index (χ1v) is 10.3. The Labute approximate surface area is 187 Å². The van der Waals surface area contributed by atoms with E-state index in [1.807, 2.05) is 30.3 Å². The van der Waals surface area contributed by atoms with Gasteiger partial charge in [0, 0.05) is 31.0 Å². The number of ether oxygens (including phenoxy) is 4. The third-order valence-electron chi connectivity index (χ3n) is 4.03. The molecule has 0 bridgehead atoms. The standard InChI is InChI=1S/C22H30N4O6/c1-23-22(28)32-17-16-31-15-14-30-13-12-29-11-10-25-21(27)18-5-7-19(8-6-18)26-20-4-2-3-9-24-20/h2-9H,10-17H2,1H3,(H,23,28)(H,24,26)(H,25,27). The lowest BCUT2D eigenvalue weighted by atomic mass is 10.2. The van der Waals surface area contributed by atoms with Crippen molar-refractivity contribution in [2.75, 3.05) is 65.2 Å². The molecule has 10 heteroatoms. The molecule has 0 aliphatic heterocycles. The molecule has 1 aromatic heterocycles. The average molecular weight is 447 g/mol. The second-order valence-corrected chi connectivity index (χ2v) is 6.40. The summed E-state index contributed by atoms with van der Waals surface area (Å²) in [6, 6.07) is 12.8. The topological polar surface area (TPSA) is 120 Å². The summed E-state index contributed by atoms with van der Waals surface area (Å²) in [5, 5.41) is 8.33. The van der Waals surface area contributed by atoms with Crippen molar-refractivity contribution >= 4 is 23.5 Å². The van der Waals surface area contributed by atoms with Crippen LogP contribution in [0.2, 0.25) is 0 Å². The highest BCUT2D eigenvalue weighted by Gasteiger charge is 2.05. The van der Waals surface area contributed by atoms with Crippen molar-refractivity contribution in [2.45, 2.75) is 0 Å². The first-order valence-electron chi connectivity index (χ1n) is 10.3. The summed E-state index contributed by atoms with van der Waals surface area (Å²) in [4.78, 5) is 27.2. The van der Waals surface area contributed by atoms with Gasteiger partial charge in [-0.15, -0.1) is 0 Å². The molecule has 174 valence electrons. The normalized spacial score (nSPS) is 10.4. The summed E-state index contributed by atoms with van der Waals surface area (Å²) in [5.41, 5.74) is 1.42. The van der Waals surface area contributed by atoms with Crippen LogP contribution in [0, 0.1) is 0 Å². The van der Waals surface area contributed by atoms with Crippen LogP contribution < -0.4 is 16.0 Å². The van der Waals surface area contributed by atoms with Crippen LogP contribution >= 0.6 is 0 Å². The zero-order valence-electron chi connectivity index (χ0n) is 18.2. The highest BCUT2D eigenvalue weighted by Crippen LogP contribution is 2.14. The Morgan fingerprint density at radius 2 is 1.50 bits per heavy atom. The van der Waals surface area contributed by atoms with E-state index in [1.165, 1.54) is 7.05 Å². The van der Waals surface area contributed by atoms with Gasteiger partial charge >= 0.3 is 6.09 Å². The molecule has 0 unspecified atom stereocenters. The van der Waals surface area contributed by atoms with E-state index in [4.69, 9.17) is 18.9 Å². The number of anilines is 2. The lowest BCUT2D eigenvalue weighted by molar-refractivity contribution is 0.00631. The molecule has 0 fully saturated rings. The molecule has 10 nitrogen and oxygen atoms in total. The third-order valence-corrected chi connectivity index (χ3v) is 4.03. The van der Waals surface area contributed by atoms with E-state index in [-0.39, 0.29) is 12.5 Å². The molecular weight excluding hydrogens is 416 g/mol. The van der Waals surface area contributed by atoms with E-state index in [0.717, 1.165) is 11.5 Å². The third kappa shape index (κ3) is 10.7. The highest BCUT2D eigenvalue weighted by molar-refractivity contribution is 5.94. The fourth-order valence-electron chi connectivity index (χ4n) is 2.44. The molecule has 2 rings (SSSR count). The Morgan fingerprint density at radius 3 is 2.12 bits per heavy atom. The summed E-state index contributed by atoms with van der Waals surface area (Å²) in [6.07, 6.45) is 1.23. The molecule has 2 amide bonds. The van der Waals surface area contributed by atoms with E-state index >= 15 is 0 Å². The van der Waals surface area contributed by atoms with E-state index in [1.54, 1.807) is 18.3 Å². The van der Waals surface area contributed by atoms with Gasteiger partial charge in [0.2, 0.25) is 0 Å². The minimum Gasteiger partial charge on any atom is -0.447 e. The van der Waals surface area contributed by atoms with Gasteiger partial charge in [0.05, 0.1) is 39.6 Å². The van der Waals surface area contributed by atoms with E-state index in [2.05, 4.69) is 20.9 Å². The van der Waals surface area contributed by atoms with Gasteiger partial charge in [-0.3, -0.25) is 4.79 Å². The number of pyridine rings is 1. The molecule has 0 aliphatic rings. The van der Waals surface area contributed by atoms with Crippen molar-refractivity contribution in [2.24, 2.45) is 0 Å². The fourth-order valence-corrected chi connectivity index (χ4v) is 2.44. The van der Waals surface area contributed by atoms with Gasteiger partial charge in [-0.25, -0.2) is 9.78 Å². The van der Waals surface area contributed by atoms with Crippen LogP contribution in [-0.4, -0.2) is 76.8 Å². The van der Waals surface area contributed by atoms with E-state index in [9.17, 15) is 9.59 Å². The van der Waals surface area contributed by atoms with Gasteiger partial charge < -0.3 is 34.9 Å². The summed E-state index contributed by atoms with van der Waals surface area (Å²) >= 11 is 0. The number of benzene rings is 1. The maximum Gasteiger partial charge on any atom is 0.406 e. The quantitative estimate of drug-likeness (QED) is 0.355. The molecule has 0 aliphatic carbocycles. The van der Waals surface area contributed by atoms with Crippen LogP contribution in [0.25, 0.3) is 0 Å². The van der Waals surface area contributed by atoms with Gasteiger partial charge in [-0.05, 0) is 36.4 Å². The number of nitrogens with zero attached hydrogens (tertiary/aromatic N) is 1. The van der Waals surface area contributed by atoms with Gasteiger partial charge in [0.25, 0.3) is 5.91 Å². The Morgan fingerprint density at radius 1 is 0.844 bits per heavy atom. The van der Waals surface area contributed by atoms with Crippen molar-refractivity contribution in [1.29, 1.82) is 0 Å². The molecule has 0 radical (unpaired) electrons. The van der Waals surface area contributed by atoms with Gasteiger partial charge in [-0.1, -0.05) is 6.07 Å².